The Morgan fingerprint density at radius 1 is 1.15 bits per heavy atom. The molecule has 8 nitrogen and oxygen atoms in total. The standard InChI is InChI=1S/C24H27FN2O6S/c1-4-34(31,32)27-12-11-16-13-17(9-10-20(16)27)21(28)14-33-24(30)22(15(2)3)26-23(29)18-7-5-6-8-19(18)25/h5-10,13,15,22H,4,11-12,14H2,1-3H3,(H,26,29)/t22-/m0/s1. The maximum Gasteiger partial charge on any atom is 0.329 e. The van der Waals surface area contributed by atoms with Gasteiger partial charge in [-0.3, -0.25) is 13.9 Å². The number of nitrogens with zero attached hydrogens (tertiary/aromatic N) is 1. The zero-order valence-corrected chi connectivity index (χ0v) is 20.0. The third kappa shape index (κ3) is 5.44. The highest BCUT2D eigenvalue weighted by Gasteiger charge is 2.30. The zero-order chi connectivity index (χ0) is 25.0. The molecule has 2 aromatic carbocycles. The molecule has 0 fully saturated rings. The minimum absolute atomic E-state index is 0.0203. The average Bonchev–Trinajstić information content (AvgIpc) is 3.25. The second-order valence-electron chi connectivity index (χ2n) is 8.27. The average molecular weight is 491 g/mol. The Morgan fingerprint density at radius 2 is 1.85 bits per heavy atom. The summed E-state index contributed by atoms with van der Waals surface area (Å²) < 4.78 is 44.8. The van der Waals surface area contributed by atoms with Crippen molar-refractivity contribution in [2.75, 3.05) is 23.2 Å². The maximum atomic E-state index is 13.9. The predicted octanol–water partition coefficient (Wildman–Crippen LogP) is 2.72. The topological polar surface area (TPSA) is 110 Å². The van der Waals surface area contributed by atoms with Gasteiger partial charge in [-0.2, -0.15) is 0 Å². The number of nitrogens with one attached hydrogen (secondary N) is 1. The number of carbonyl (C=O) groups excluding carboxylic acids is 3. The minimum Gasteiger partial charge on any atom is -0.456 e. The van der Waals surface area contributed by atoms with Crippen LogP contribution >= 0.6 is 0 Å². The number of esters is 1. The van der Waals surface area contributed by atoms with E-state index in [1.54, 1.807) is 32.9 Å². The third-order valence-electron chi connectivity index (χ3n) is 5.63. The molecule has 182 valence electrons. The molecule has 0 aromatic heterocycles. The van der Waals surface area contributed by atoms with Crippen molar-refractivity contribution in [2.45, 2.75) is 33.2 Å². The Kier molecular flexibility index (Phi) is 7.71. The third-order valence-corrected chi connectivity index (χ3v) is 7.41. The van der Waals surface area contributed by atoms with Gasteiger partial charge >= 0.3 is 5.97 Å². The highest BCUT2D eigenvalue weighted by atomic mass is 32.2. The zero-order valence-electron chi connectivity index (χ0n) is 19.2. The van der Waals surface area contributed by atoms with E-state index in [0.717, 1.165) is 11.6 Å². The number of hydrogen-bond acceptors (Lipinski definition) is 6. The number of carbonyl (C=O) groups is 3. The number of anilines is 1. The van der Waals surface area contributed by atoms with Crippen molar-refractivity contribution in [3.63, 3.8) is 0 Å². The molecule has 1 aliphatic rings. The first kappa shape index (κ1) is 25.4. The van der Waals surface area contributed by atoms with Gasteiger partial charge in [-0.25, -0.2) is 17.6 Å². The lowest BCUT2D eigenvalue weighted by Gasteiger charge is -2.21. The lowest BCUT2D eigenvalue weighted by molar-refractivity contribution is -0.145. The van der Waals surface area contributed by atoms with Crippen LogP contribution in [0.25, 0.3) is 0 Å². The number of sulfonamides is 1. The van der Waals surface area contributed by atoms with Crippen LogP contribution in [0.15, 0.2) is 42.5 Å². The SMILES string of the molecule is CCS(=O)(=O)N1CCc2cc(C(=O)COC(=O)[C@@H](NC(=O)c3ccccc3F)C(C)C)ccc21. The van der Waals surface area contributed by atoms with Crippen LogP contribution in [0, 0.1) is 11.7 Å². The van der Waals surface area contributed by atoms with E-state index < -0.39 is 46.1 Å². The molecule has 1 N–H and O–H groups in total. The Morgan fingerprint density at radius 3 is 2.50 bits per heavy atom. The van der Waals surface area contributed by atoms with Crippen LogP contribution in [0.1, 0.15) is 47.1 Å². The van der Waals surface area contributed by atoms with E-state index in [4.69, 9.17) is 4.74 Å². The first-order valence-corrected chi connectivity index (χ1v) is 12.5. The molecule has 0 saturated carbocycles. The summed E-state index contributed by atoms with van der Waals surface area (Å²) in [5.74, 6) is -3.14. The van der Waals surface area contributed by atoms with E-state index in [2.05, 4.69) is 5.32 Å². The molecule has 1 atom stereocenters. The number of fused-ring (bicyclic) bond motifs is 1. The molecule has 1 heterocycles. The van der Waals surface area contributed by atoms with E-state index in [9.17, 15) is 27.2 Å². The molecule has 1 aliphatic heterocycles. The van der Waals surface area contributed by atoms with Crippen molar-refractivity contribution in [3.05, 3.63) is 65.0 Å². The lowest BCUT2D eigenvalue weighted by atomic mass is 10.0. The molecule has 10 heteroatoms. The number of rotatable bonds is 9. The van der Waals surface area contributed by atoms with Crippen molar-refractivity contribution in [3.8, 4) is 0 Å². The van der Waals surface area contributed by atoms with Crippen LogP contribution in [-0.2, 0) is 26.0 Å². The summed E-state index contributed by atoms with van der Waals surface area (Å²) in [6.45, 7) is 4.71. The summed E-state index contributed by atoms with van der Waals surface area (Å²) >= 11 is 0. The van der Waals surface area contributed by atoms with Gasteiger partial charge in [0, 0.05) is 12.1 Å². The first-order valence-electron chi connectivity index (χ1n) is 10.9. The summed E-state index contributed by atoms with van der Waals surface area (Å²) in [4.78, 5) is 37.6. The van der Waals surface area contributed by atoms with Crippen LogP contribution in [0.3, 0.4) is 0 Å². The Balaban J connectivity index is 1.65. The van der Waals surface area contributed by atoms with Gasteiger partial charge in [-0.15, -0.1) is 0 Å². The fraction of sp³-hybridized carbons (Fsp3) is 0.375. The fourth-order valence-electron chi connectivity index (χ4n) is 3.66. The van der Waals surface area contributed by atoms with Crippen molar-refractivity contribution in [2.24, 2.45) is 5.92 Å². The predicted molar refractivity (Wildman–Crippen MR) is 125 cm³/mol. The number of ketones is 1. The van der Waals surface area contributed by atoms with E-state index in [1.807, 2.05) is 0 Å². The van der Waals surface area contributed by atoms with Gasteiger partial charge in [-0.1, -0.05) is 26.0 Å². The molecule has 1 amide bonds. The summed E-state index contributed by atoms with van der Waals surface area (Å²) in [5, 5.41) is 2.47. The smallest absolute Gasteiger partial charge is 0.329 e. The van der Waals surface area contributed by atoms with Crippen LogP contribution in [0.4, 0.5) is 10.1 Å². The monoisotopic (exact) mass is 490 g/mol. The number of benzene rings is 2. The summed E-state index contributed by atoms with van der Waals surface area (Å²) in [7, 11) is -3.40. The number of hydrogen-bond donors (Lipinski definition) is 1. The highest BCUT2D eigenvalue weighted by molar-refractivity contribution is 7.92. The summed E-state index contributed by atoms with van der Waals surface area (Å²) in [5.41, 5.74) is 1.37. The van der Waals surface area contributed by atoms with E-state index in [1.165, 1.54) is 28.6 Å². The summed E-state index contributed by atoms with van der Waals surface area (Å²) in [6, 6.07) is 9.01. The molecule has 3 rings (SSSR count). The van der Waals surface area contributed by atoms with Gasteiger partial charge in [0.15, 0.2) is 12.4 Å². The highest BCUT2D eigenvalue weighted by Crippen LogP contribution is 2.31. The van der Waals surface area contributed by atoms with Crippen LogP contribution in [-0.4, -0.2) is 51.0 Å². The van der Waals surface area contributed by atoms with E-state index in [-0.39, 0.29) is 17.2 Å². The van der Waals surface area contributed by atoms with Gasteiger partial charge in [0.25, 0.3) is 5.91 Å². The molecular formula is C24H27FN2O6S. The summed E-state index contributed by atoms with van der Waals surface area (Å²) in [6.07, 6.45) is 0.479. The number of ether oxygens (including phenoxy) is 1. The molecule has 0 radical (unpaired) electrons. The van der Waals surface area contributed by atoms with Gasteiger partial charge < -0.3 is 10.1 Å². The minimum atomic E-state index is -3.40. The van der Waals surface area contributed by atoms with Crippen molar-refractivity contribution < 1.29 is 31.9 Å². The molecule has 2 aromatic rings. The van der Waals surface area contributed by atoms with Gasteiger partial charge in [-0.05, 0) is 55.2 Å². The second kappa shape index (κ2) is 10.3. The van der Waals surface area contributed by atoms with Crippen LogP contribution in [0.2, 0.25) is 0 Å². The second-order valence-corrected chi connectivity index (χ2v) is 10.5. The lowest BCUT2D eigenvalue weighted by Crippen LogP contribution is -2.46. The Hall–Kier alpha value is -3.27. The molecule has 34 heavy (non-hydrogen) atoms. The van der Waals surface area contributed by atoms with E-state index >= 15 is 0 Å². The normalized spacial score (nSPS) is 14.0. The van der Waals surface area contributed by atoms with Gasteiger partial charge in [0.1, 0.15) is 11.9 Å². The fourth-order valence-corrected chi connectivity index (χ4v) is 4.82. The Bertz CT molecular complexity index is 1210. The molecule has 0 spiro atoms. The van der Waals surface area contributed by atoms with Crippen LogP contribution < -0.4 is 9.62 Å². The number of halogens is 1. The van der Waals surface area contributed by atoms with Gasteiger partial charge in [0.05, 0.1) is 17.0 Å². The Labute approximate surface area is 198 Å². The maximum absolute atomic E-state index is 13.9. The largest absolute Gasteiger partial charge is 0.456 e. The number of amides is 1. The molecule has 0 unspecified atom stereocenters. The number of Topliss-reactive ketones (excluding diaryl/α,β-unsaturated/α-hetero) is 1. The quantitative estimate of drug-likeness (QED) is 0.428. The molecule has 0 saturated heterocycles. The van der Waals surface area contributed by atoms with Crippen molar-refractivity contribution >= 4 is 33.4 Å². The van der Waals surface area contributed by atoms with E-state index in [0.29, 0.717) is 24.2 Å². The first-order chi connectivity index (χ1) is 16.0. The molecule has 0 aliphatic carbocycles. The van der Waals surface area contributed by atoms with Crippen LogP contribution in [0.5, 0.6) is 0 Å². The van der Waals surface area contributed by atoms with Crippen molar-refractivity contribution in [1.29, 1.82) is 0 Å². The molecular weight excluding hydrogens is 463 g/mol. The van der Waals surface area contributed by atoms with Gasteiger partial charge in [0.2, 0.25) is 10.0 Å². The van der Waals surface area contributed by atoms with Crippen molar-refractivity contribution in [1.82, 2.24) is 5.32 Å². The molecule has 0 bridgehead atoms.